The third-order valence-electron chi connectivity index (χ3n) is 8.61. The predicted octanol–water partition coefficient (Wildman–Crippen LogP) is 11.3. The summed E-state index contributed by atoms with van der Waals surface area (Å²) in [6.07, 6.45) is -60.3. The molecule has 312 valence electrons. The summed E-state index contributed by atoms with van der Waals surface area (Å²) in [5, 5.41) is 0. The summed E-state index contributed by atoms with van der Waals surface area (Å²) in [5.41, 5.74) is -39.0. The number of halogens is 24. The SMILES string of the molecule is FC(F)(F)c1cccc([B-](c2cccc(C(F)(F)F)c2C(F)(F)F)(c2cccc(C(F)(F)F)c2C(F)(F)F)c2cccc(C(F)(F)F)c2C(F)(F)F)c1C(F)(F)F.[H+]. The molecule has 0 aliphatic carbocycles. The highest BCUT2D eigenvalue weighted by molar-refractivity contribution is 7.20. The Bertz CT molecular complexity index is 1830. The molecule has 0 aliphatic heterocycles. The Morgan fingerprint density at radius 2 is 0.404 bits per heavy atom. The maximum Gasteiger partial charge on any atom is 1.00 e. The van der Waals surface area contributed by atoms with Gasteiger partial charge in [-0.2, -0.15) is 127 Å². The van der Waals surface area contributed by atoms with Gasteiger partial charge in [0, 0.05) is 22.3 Å². The monoisotopic (exact) mass is 864 g/mol. The summed E-state index contributed by atoms with van der Waals surface area (Å²) in [6, 6.07) is -6.15. The molecule has 0 spiro atoms. The molecule has 0 nitrogen and oxygen atoms in total. The van der Waals surface area contributed by atoms with E-state index in [2.05, 4.69) is 0 Å². The number of hydrogen-bond acceptors (Lipinski definition) is 0. The van der Waals surface area contributed by atoms with Crippen LogP contribution in [0.25, 0.3) is 0 Å². The lowest BCUT2D eigenvalue weighted by Gasteiger charge is -2.50. The maximum atomic E-state index is 15.0. The van der Waals surface area contributed by atoms with E-state index >= 15 is 52.7 Å². The summed E-state index contributed by atoms with van der Waals surface area (Å²) in [4.78, 5) is 0. The van der Waals surface area contributed by atoms with Gasteiger partial charge in [-0.05, 0) is 24.3 Å². The average molecular weight is 864 g/mol. The molecule has 25 heteroatoms. The van der Waals surface area contributed by atoms with Crippen LogP contribution in [0.4, 0.5) is 105 Å². The molecule has 57 heavy (non-hydrogen) atoms. The summed E-state index contributed by atoms with van der Waals surface area (Å²) in [7, 11) is 0. The van der Waals surface area contributed by atoms with Gasteiger partial charge >= 0.3 is 50.8 Å². The molecule has 0 aromatic heterocycles. The molecule has 0 saturated carbocycles. The van der Waals surface area contributed by atoms with Crippen LogP contribution < -0.4 is 21.9 Å². The van der Waals surface area contributed by atoms with E-state index in [1.807, 2.05) is 0 Å². The van der Waals surface area contributed by atoms with Crippen molar-refractivity contribution >= 4 is 28.0 Å². The van der Waals surface area contributed by atoms with E-state index in [0.29, 0.717) is 0 Å². The molecule has 0 fully saturated rings. The standard InChI is InChI=1S/C32H12BF24/c34-25(35,36)13-5-1-9-17(21(13)29(46,47)48)33(18-10-2-6-14(26(37,38)39)22(18)30(49,50)51,19-11-3-7-15(27(40,41)42)23(19)31(52,53)54)20-12-4-8-16(28(43,44)45)24(20)32(55,56)57/h1-12H/q-1/p+1. The largest absolute Gasteiger partial charge is 1.00 e. The minimum Gasteiger partial charge on any atom is -0.182 e. The fourth-order valence-electron chi connectivity index (χ4n) is 6.94. The normalized spacial score (nSPS) is 14.3. The van der Waals surface area contributed by atoms with Crippen molar-refractivity contribution in [3.63, 3.8) is 0 Å². The average Bonchev–Trinajstić information content (AvgIpc) is 3.01. The van der Waals surface area contributed by atoms with Gasteiger partial charge in [0.2, 0.25) is 0 Å². The Morgan fingerprint density at radius 3 is 0.526 bits per heavy atom. The lowest BCUT2D eigenvalue weighted by atomic mass is 9.11. The Morgan fingerprint density at radius 1 is 0.246 bits per heavy atom. The fraction of sp³-hybridized carbons (Fsp3) is 0.250. The van der Waals surface area contributed by atoms with Crippen molar-refractivity contribution in [2.24, 2.45) is 0 Å². The zero-order valence-electron chi connectivity index (χ0n) is 27.6. The van der Waals surface area contributed by atoms with Gasteiger partial charge in [-0.15, -0.1) is 0 Å². The lowest BCUT2D eigenvalue weighted by Crippen LogP contribution is -2.79. The molecule has 0 heterocycles. The quantitative estimate of drug-likeness (QED) is 0.142. The molecule has 4 aromatic carbocycles. The highest BCUT2D eigenvalue weighted by Crippen LogP contribution is 2.47. The molecular formula is C32H13BF24. The van der Waals surface area contributed by atoms with Gasteiger partial charge in [0.25, 0.3) is 0 Å². The van der Waals surface area contributed by atoms with E-state index in [1.165, 1.54) is 0 Å². The first-order valence-electron chi connectivity index (χ1n) is 14.7. The second kappa shape index (κ2) is 13.7. The van der Waals surface area contributed by atoms with Crippen LogP contribution in [0.3, 0.4) is 0 Å². The van der Waals surface area contributed by atoms with Crippen molar-refractivity contribution < 1.29 is 107 Å². The van der Waals surface area contributed by atoms with Gasteiger partial charge in [-0.1, -0.05) is 48.5 Å². The Labute approximate surface area is 302 Å². The van der Waals surface area contributed by atoms with Crippen LogP contribution in [-0.2, 0) is 49.4 Å². The molecule has 0 unspecified atom stereocenters. The molecule has 0 radical (unpaired) electrons. The summed E-state index contributed by atoms with van der Waals surface area (Å²) < 4.78 is 352. The minimum absolute atomic E-state index is 0. The molecule has 4 rings (SSSR count). The van der Waals surface area contributed by atoms with Crippen LogP contribution in [0.1, 0.15) is 45.9 Å². The van der Waals surface area contributed by atoms with Crippen molar-refractivity contribution in [2.75, 3.05) is 0 Å². The van der Waals surface area contributed by atoms with E-state index in [1.54, 1.807) is 0 Å². The highest BCUT2D eigenvalue weighted by Gasteiger charge is 2.56. The van der Waals surface area contributed by atoms with Gasteiger partial charge in [-0.25, -0.2) is 0 Å². The summed E-state index contributed by atoms with van der Waals surface area (Å²) in [6.45, 7) is 0. The van der Waals surface area contributed by atoms with Crippen LogP contribution in [-0.4, -0.2) is 6.15 Å². The second-order valence-corrected chi connectivity index (χ2v) is 11.9. The first kappa shape index (κ1) is 45.0. The summed E-state index contributed by atoms with van der Waals surface area (Å²) >= 11 is 0. The Kier molecular flexibility index (Phi) is 10.8. The van der Waals surface area contributed by atoms with Crippen LogP contribution in [0.2, 0.25) is 0 Å². The Hall–Kier alpha value is -4.74. The zero-order chi connectivity index (χ0) is 43.9. The minimum atomic E-state index is -6.88. The van der Waals surface area contributed by atoms with Gasteiger partial charge < -0.3 is 0 Å². The summed E-state index contributed by atoms with van der Waals surface area (Å²) in [5.74, 6) is 0. The van der Waals surface area contributed by atoms with Crippen molar-refractivity contribution in [2.45, 2.75) is 49.4 Å². The van der Waals surface area contributed by atoms with Gasteiger partial charge in [-0.3, -0.25) is 0 Å². The first-order chi connectivity index (χ1) is 25.4. The van der Waals surface area contributed by atoms with Crippen LogP contribution in [0, 0.1) is 0 Å². The van der Waals surface area contributed by atoms with Crippen molar-refractivity contribution in [3.05, 3.63) is 117 Å². The molecule has 0 saturated heterocycles. The van der Waals surface area contributed by atoms with E-state index in [9.17, 15) is 52.7 Å². The van der Waals surface area contributed by atoms with E-state index in [4.69, 9.17) is 0 Å². The van der Waals surface area contributed by atoms with E-state index in [-0.39, 0.29) is 25.7 Å². The zero-order valence-corrected chi connectivity index (χ0v) is 26.6. The smallest absolute Gasteiger partial charge is 0.182 e. The molecule has 0 amide bonds. The number of rotatable bonds is 4. The molecular weight excluding hydrogens is 851 g/mol. The second-order valence-electron chi connectivity index (χ2n) is 11.9. The number of benzene rings is 4. The van der Waals surface area contributed by atoms with Crippen LogP contribution in [0.5, 0.6) is 0 Å². The lowest BCUT2D eigenvalue weighted by molar-refractivity contribution is -0.162. The van der Waals surface area contributed by atoms with Crippen molar-refractivity contribution in [1.82, 2.24) is 0 Å². The topological polar surface area (TPSA) is 0 Å². The Balaban J connectivity index is 0.00000900. The van der Waals surface area contributed by atoms with E-state index in [0.717, 1.165) is 0 Å². The predicted molar refractivity (Wildman–Crippen MR) is 151 cm³/mol. The highest BCUT2D eigenvalue weighted by atomic mass is 19.4. The molecule has 0 aliphatic rings. The van der Waals surface area contributed by atoms with E-state index < -0.39 is 170 Å². The third kappa shape index (κ3) is 8.19. The first-order valence-corrected chi connectivity index (χ1v) is 14.7. The molecule has 0 bridgehead atoms. The van der Waals surface area contributed by atoms with Gasteiger partial charge in [0.1, 0.15) is 6.15 Å². The maximum absolute atomic E-state index is 15.0. The molecule has 4 aromatic rings. The number of hydrogen-bond donors (Lipinski definition) is 0. The third-order valence-corrected chi connectivity index (χ3v) is 8.61. The van der Waals surface area contributed by atoms with Crippen molar-refractivity contribution in [3.8, 4) is 0 Å². The van der Waals surface area contributed by atoms with Crippen LogP contribution in [0.15, 0.2) is 72.8 Å². The van der Waals surface area contributed by atoms with Gasteiger partial charge in [0.05, 0.1) is 22.3 Å². The van der Waals surface area contributed by atoms with Crippen molar-refractivity contribution in [1.29, 1.82) is 0 Å². The van der Waals surface area contributed by atoms with Crippen LogP contribution >= 0.6 is 0 Å². The fourth-order valence-corrected chi connectivity index (χ4v) is 6.94. The number of alkyl halides is 24. The molecule has 0 atom stereocenters. The molecule has 0 N–H and O–H groups in total. The van der Waals surface area contributed by atoms with Gasteiger partial charge in [0.15, 0.2) is 0 Å².